The zero-order valence-corrected chi connectivity index (χ0v) is 12.9. The van der Waals surface area contributed by atoms with Crippen LogP contribution in [0.2, 0.25) is 0 Å². The van der Waals surface area contributed by atoms with Gasteiger partial charge in [0.2, 0.25) is 0 Å². The van der Waals surface area contributed by atoms with Crippen molar-refractivity contribution < 1.29 is 18.3 Å². The number of nitrogens with zero attached hydrogens (tertiary/aromatic N) is 2. The van der Waals surface area contributed by atoms with Crippen molar-refractivity contribution in [1.82, 2.24) is 9.97 Å². The van der Waals surface area contributed by atoms with Crippen molar-refractivity contribution in [2.24, 2.45) is 0 Å². The second-order valence-electron chi connectivity index (χ2n) is 5.67. The van der Waals surface area contributed by atoms with Crippen LogP contribution in [0.3, 0.4) is 0 Å². The maximum absolute atomic E-state index is 13.2. The molecule has 0 amide bonds. The van der Waals surface area contributed by atoms with Crippen molar-refractivity contribution in [3.63, 3.8) is 0 Å². The smallest absolute Gasteiger partial charge is 0.381 e. The number of benzene rings is 1. The number of aromatic nitrogens is 2. The molecule has 1 aromatic heterocycles. The standard InChI is InChI=1S/C16H18F3N3O/c1-10(2)7-15(23,16(17,18)19)9-21-13-5-4-6-14-12(13)8-20-11(3)22-14/h4-6,8,21,23H,1,7,9H2,2-3H3. The Labute approximate surface area is 132 Å². The Kier molecular flexibility index (Phi) is 4.61. The fourth-order valence-electron chi connectivity index (χ4n) is 2.31. The highest BCUT2D eigenvalue weighted by molar-refractivity contribution is 5.90. The summed E-state index contributed by atoms with van der Waals surface area (Å²) >= 11 is 0. The predicted octanol–water partition coefficient (Wildman–Crippen LogP) is 3.61. The number of anilines is 1. The number of aliphatic hydroxyl groups is 1. The number of alkyl halides is 3. The lowest BCUT2D eigenvalue weighted by Crippen LogP contribution is -2.50. The van der Waals surface area contributed by atoms with Gasteiger partial charge in [-0.1, -0.05) is 11.6 Å². The third-order valence-electron chi connectivity index (χ3n) is 3.44. The summed E-state index contributed by atoms with van der Waals surface area (Å²) in [7, 11) is 0. The molecule has 0 saturated heterocycles. The van der Waals surface area contributed by atoms with E-state index in [1.165, 1.54) is 6.92 Å². The first-order valence-corrected chi connectivity index (χ1v) is 7.02. The summed E-state index contributed by atoms with van der Waals surface area (Å²) in [4.78, 5) is 8.29. The molecule has 2 N–H and O–H groups in total. The third-order valence-corrected chi connectivity index (χ3v) is 3.44. The summed E-state index contributed by atoms with van der Waals surface area (Å²) in [5.41, 5.74) is -1.57. The molecule has 4 nitrogen and oxygen atoms in total. The molecule has 0 fully saturated rings. The number of nitrogens with one attached hydrogen (secondary N) is 1. The lowest BCUT2D eigenvalue weighted by atomic mass is 9.94. The van der Waals surface area contributed by atoms with Gasteiger partial charge in [-0.25, -0.2) is 9.97 Å². The Balaban J connectivity index is 2.30. The van der Waals surface area contributed by atoms with E-state index < -0.39 is 24.7 Å². The summed E-state index contributed by atoms with van der Waals surface area (Å²) in [6.07, 6.45) is -3.79. The van der Waals surface area contributed by atoms with Gasteiger partial charge in [-0.15, -0.1) is 6.58 Å². The molecule has 0 radical (unpaired) electrons. The van der Waals surface area contributed by atoms with Gasteiger partial charge in [0.15, 0.2) is 5.60 Å². The highest BCUT2D eigenvalue weighted by Crippen LogP contribution is 2.35. The first kappa shape index (κ1) is 17.2. The quantitative estimate of drug-likeness (QED) is 0.825. The van der Waals surface area contributed by atoms with Crippen LogP contribution in [0.25, 0.3) is 10.9 Å². The highest BCUT2D eigenvalue weighted by atomic mass is 19.4. The van der Waals surface area contributed by atoms with Crippen LogP contribution in [-0.2, 0) is 0 Å². The molecule has 0 aliphatic rings. The summed E-state index contributed by atoms with van der Waals surface area (Å²) in [5.74, 6) is 0.573. The Morgan fingerprint density at radius 2 is 2.04 bits per heavy atom. The van der Waals surface area contributed by atoms with E-state index in [0.717, 1.165) is 0 Å². The van der Waals surface area contributed by atoms with Crippen LogP contribution in [0, 0.1) is 6.92 Å². The Morgan fingerprint density at radius 3 is 2.65 bits per heavy atom. The molecule has 0 aliphatic heterocycles. The Hall–Kier alpha value is -2.15. The molecule has 1 aromatic carbocycles. The molecule has 2 aromatic rings. The normalized spacial score (nSPS) is 14.5. The van der Waals surface area contributed by atoms with Crippen molar-refractivity contribution in [1.29, 1.82) is 0 Å². The predicted molar refractivity (Wildman–Crippen MR) is 83.2 cm³/mol. The van der Waals surface area contributed by atoms with E-state index in [2.05, 4.69) is 21.9 Å². The van der Waals surface area contributed by atoms with E-state index in [9.17, 15) is 18.3 Å². The van der Waals surface area contributed by atoms with E-state index >= 15 is 0 Å². The average molecular weight is 325 g/mol. The molecule has 1 heterocycles. The fourth-order valence-corrected chi connectivity index (χ4v) is 2.31. The molecular weight excluding hydrogens is 307 g/mol. The summed E-state index contributed by atoms with van der Waals surface area (Å²) in [6.45, 7) is 5.96. The van der Waals surface area contributed by atoms with Crippen LogP contribution in [-0.4, -0.2) is 33.4 Å². The van der Waals surface area contributed by atoms with Crippen LogP contribution in [0.15, 0.2) is 36.5 Å². The highest BCUT2D eigenvalue weighted by Gasteiger charge is 2.53. The van der Waals surface area contributed by atoms with Crippen LogP contribution in [0.5, 0.6) is 0 Å². The summed E-state index contributed by atoms with van der Waals surface area (Å²) in [5, 5.41) is 13.3. The number of rotatable bonds is 5. The second kappa shape index (κ2) is 6.16. The van der Waals surface area contributed by atoms with Crippen molar-refractivity contribution in [2.45, 2.75) is 32.0 Å². The number of aryl methyl sites for hydroxylation is 1. The molecule has 2 rings (SSSR count). The van der Waals surface area contributed by atoms with Crippen molar-refractivity contribution in [2.75, 3.05) is 11.9 Å². The van der Waals surface area contributed by atoms with E-state index in [4.69, 9.17) is 0 Å². The summed E-state index contributed by atoms with van der Waals surface area (Å²) in [6, 6.07) is 5.06. The van der Waals surface area contributed by atoms with Gasteiger partial charge in [0.25, 0.3) is 0 Å². The first-order chi connectivity index (χ1) is 10.6. The number of hydrogen-bond donors (Lipinski definition) is 2. The lowest BCUT2D eigenvalue weighted by Gasteiger charge is -2.31. The summed E-state index contributed by atoms with van der Waals surface area (Å²) < 4.78 is 39.5. The zero-order chi connectivity index (χ0) is 17.3. The monoisotopic (exact) mass is 325 g/mol. The minimum Gasteiger partial charge on any atom is -0.381 e. The molecule has 23 heavy (non-hydrogen) atoms. The topological polar surface area (TPSA) is 58.0 Å². The van der Waals surface area contributed by atoms with Crippen molar-refractivity contribution >= 4 is 16.6 Å². The average Bonchev–Trinajstić information content (AvgIpc) is 2.42. The fraction of sp³-hybridized carbons (Fsp3) is 0.375. The van der Waals surface area contributed by atoms with Crippen LogP contribution < -0.4 is 5.32 Å². The first-order valence-electron chi connectivity index (χ1n) is 7.02. The SMILES string of the molecule is C=C(C)CC(O)(CNc1cccc2nc(C)ncc12)C(F)(F)F. The maximum atomic E-state index is 13.2. The van der Waals surface area contributed by atoms with E-state index in [-0.39, 0.29) is 5.57 Å². The molecular formula is C16H18F3N3O. The largest absolute Gasteiger partial charge is 0.419 e. The van der Waals surface area contributed by atoms with E-state index in [1.54, 1.807) is 31.3 Å². The molecule has 0 spiro atoms. The van der Waals surface area contributed by atoms with Gasteiger partial charge in [-0.05, 0) is 26.0 Å². The zero-order valence-electron chi connectivity index (χ0n) is 12.9. The number of hydrogen-bond acceptors (Lipinski definition) is 4. The Morgan fingerprint density at radius 1 is 1.35 bits per heavy atom. The van der Waals surface area contributed by atoms with E-state index in [0.29, 0.717) is 22.4 Å². The van der Waals surface area contributed by atoms with Gasteiger partial charge in [-0.3, -0.25) is 0 Å². The molecule has 124 valence electrons. The van der Waals surface area contributed by atoms with Crippen molar-refractivity contribution in [3.8, 4) is 0 Å². The molecule has 1 atom stereocenters. The molecule has 1 unspecified atom stereocenters. The number of fused-ring (bicyclic) bond motifs is 1. The van der Waals surface area contributed by atoms with Crippen LogP contribution >= 0.6 is 0 Å². The van der Waals surface area contributed by atoms with Crippen LogP contribution in [0.4, 0.5) is 18.9 Å². The lowest BCUT2D eigenvalue weighted by molar-refractivity contribution is -0.253. The van der Waals surface area contributed by atoms with Gasteiger partial charge in [0, 0.05) is 23.7 Å². The molecule has 0 aliphatic carbocycles. The molecule has 0 saturated carbocycles. The third kappa shape index (κ3) is 3.79. The van der Waals surface area contributed by atoms with Crippen LogP contribution in [0.1, 0.15) is 19.2 Å². The van der Waals surface area contributed by atoms with Gasteiger partial charge in [0.1, 0.15) is 5.82 Å². The van der Waals surface area contributed by atoms with Gasteiger partial charge in [-0.2, -0.15) is 13.2 Å². The van der Waals surface area contributed by atoms with E-state index in [1.807, 2.05) is 0 Å². The van der Waals surface area contributed by atoms with Gasteiger partial charge >= 0.3 is 6.18 Å². The maximum Gasteiger partial charge on any atom is 0.419 e. The minimum absolute atomic E-state index is 0.253. The second-order valence-corrected chi connectivity index (χ2v) is 5.67. The minimum atomic E-state index is -4.77. The van der Waals surface area contributed by atoms with Gasteiger partial charge < -0.3 is 10.4 Å². The van der Waals surface area contributed by atoms with Crippen molar-refractivity contribution in [3.05, 3.63) is 42.4 Å². The molecule has 0 bridgehead atoms. The Bertz CT molecular complexity index is 730. The molecule has 7 heteroatoms. The van der Waals surface area contributed by atoms with Gasteiger partial charge in [0.05, 0.1) is 12.1 Å². The number of halogens is 3.